The maximum Gasteiger partial charge on any atom is 0.241 e. The zero-order chi connectivity index (χ0) is 21.0. The van der Waals surface area contributed by atoms with E-state index in [0.717, 1.165) is 25.9 Å². The molecule has 3 N–H and O–H groups in total. The summed E-state index contributed by atoms with van der Waals surface area (Å²) in [6.07, 6.45) is 1.60. The third-order valence-corrected chi connectivity index (χ3v) is 6.10. The molecule has 9 heteroatoms. The molecule has 0 aliphatic carbocycles. The summed E-state index contributed by atoms with van der Waals surface area (Å²) >= 11 is 6.08. The highest BCUT2D eigenvalue weighted by atomic mass is 35.5. The molecule has 0 saturated carbocycles. The fourth-order valence-corrected chi connectivity index (χ4v) is 4.10. The molecule has 1 saturated heterocycles. The van der Waals surface area contributed by atoms with Gasteiger partial charge in [0, 0.05) is 23.8 Å². The minimum Gasteiger partial charge on any atom is -0.489 e. The molecule has 3 rings (SSSR count). The lowest BCUT2D eigenvalue weighted by molar-refractivity contribution is -0.115. The summed E-state index contributed by atoms with van der Waals surface area (Å²) in [6, 6.07) is 11.5. The largest absolute Gasteiger partial charge is 0.489 e. The number of hydrogen-bond donors (Lipinski definition) is 2. The number of anilines is 1. The van der Waals surface area contributed by atoms with Gasteiger partial charge in [-0.1, -0.05) is 29.8 Å². The fourth-order valence-electron chi connectivity index (χ4n) is 3.21. The number of nitrogens with two attached hydrogens (primary N) is 1. The Bertz CT molecular complexity index is 989. The van der Waals surface area contributed by atoms with Gasteiger partial charge in [-0.05, 0) is 49.7 Å². The van der Waals surface area contributed by atoms with Crippen molar-refractivity contribution in [2.24, 2.45) is 5.14 Å². The molecule has 1 fully saturated rings. The van der Waals surface area contributed by atoms with Gasteiger partial charge in [-0.3, -0.25) is 4.79 Å². The number of carbonyl (C=O) groups is 1. The quantitative estimate of drug-likeness (QED) is 0.723. The molecule has 156 valence electrons. The van der Waals surface area contributed by atoms with Crippen LogP contribution >= 0.6 is 11.6 Å². The Hall–Kier alpha value is -2.13. The Morgan fingerprint density at radius 2 is 1.93 bits per heavy atom. The van der Waals surface area contributed by atoms with Gasteiger partial charge in [-0.2, -0.15) is 0 Å². The van der Waals surface area contributed by atoms with Crippen LogP contribution in [-0.4, -0.2) is 45.5 Å². The maximum absolute atomic E-state index is 12.3. The number of amides is 1. The number of hydrogen-bond acceptors (Lipinski definition) is 5. The van der Waals surface area contributed by atoms with Crippen molar-refractivity contribution in [3.8, 4) is 5.75 Å². The number of nitrogens with one attached hydrogen (secondary N) is 1. The molecule has 1 aliphatic rings. The van der Waals surface area contributed by atoms with Gasteiger partial charge in [0.25, 0.3) is 0 Å². The van der Waals surface area contributed by atoms with Crippen molar-refractivity contribution >= 4 is 33.2 Å². The number of primary sulfonamides is 1. The monoisotopic (exact) mass is 437 g/mol. The first-order valence-electron chi connectivity index (χ1n) is 9.27. The van der Waals surface area contributed by atoms with Gasteiger partial charge >= 0.3 is 0 Å². The molecule has 0 atom stereocenters. The van der Waals surface area contributed by atoms with Crippen molar-refractivity contribution in [1.82, 2.24) is 4.90 Å². The van der Waals surface area contributed by atoms with Crippen LogP contribution in [0.1, 0.15) is 18.4 Å². The second-order valence-electron chi connectivity index (χ2n) is 7.14. The Morgan fingerprint density at radius 3 is 2.59 bits per heavy atom. The molecule has 1 amide bonds. The van der Waals surface area contributed by atoms with Crippen LogP contribution in [0, 0.1) is 0 Å². The van der Waals surface area contributed by atoms with Crippen molar-refractivity contribution < 1.29 is 17.9 Å². The van der Waals surface area contributed by atoms with Crippen LogP contribution in [0.4, 0.5) is 5.69 Å². The number of nitrogens with zero attached hydrogens (tertiary/aromatic N) is 1. The van der Waals surface area contributed by atoms with Crippen molar-refractivity contribution in [2.45, 2.75) is 30.3 Å². The zero-order valence-electron chi connectivity index (χ0n) is 16.1. The van der Waals surface area contributed by atoms with E-state index in [9.17, 15) is 13.2 Å². The number of piperidine rings is 1. The molecule has 0 spiro atoms. The molecule has 7 nitrogen and oxygen atoms in total. The number of likely N-dealkylation sites (tertiary alicyclic amines) is 1. The Labute approximate surface area is 175 Å². The first-order chi connectivity index (χ1) is 13.7. The van der Waals surface area contributed by atoms with E-state index in [4.69, 9.17) is 21.5 Å². The third kappa shape index (κ3) is 5.93. The summed E-state index contributed by atoms with van der Waals surface area (Å²) < 4.78 is 30.1. The summed E-state index contributed by atoms with van der Waals surface area (Å²) in [5, 5.41) is 8.56. The molecule has 0 radical (unpaired) electrons. The van der Waals surface area contributed by atoms with Gasteiger partial charge in [0.15, 0.2) is 0 Å². The number of ether oxygens (including phenoxy) is 1. The van der Waals surface area contributed by atoms with Gasteiger partial charge in [0.1, 0.15) is 16.7 Å². The Kier molecular flexibility index (Phi) is 6.79. The van der Waals surface area contributed by atoms with Crippen LogP contribution in [0.15, 0.2) is 47.4 Å². The van der Waals surface area contributed by atoms with Gasteiger partial charge in [0.05, 0.1) is 6.42 Å². The zero-order valence-corrected chi connectivity index (χ0v) is 17.7. The summed E-state index contributed by atoms with van der Waals surface area (Å²) in [7, 11) is -1.99. The minimum absolute atomic E-state index is 0.0677. The highest BCUT2D eigenvalue weighted by Crippen LogP contribution is 2.29. The van der Waals surface area contributed by atoms with E-state index < -0.39 is 10.0 Å². The highest BCUT2D eigenvalue weighted by molar-refractivity contribution is 7.89. The first-order valence-corrected chi connectivity index (χ1v) is 11.2. The average Bonchev–Trinajstić information content (AvgIpc) is 2.66. The van der Waals surface area contributed by atoms with E-state index in [1.807, 2.05) is 7.05 Å². The number of carbonyl (C=O) groups excluding carboxylic acids is 1. The molecule has 2 aromatic rings. The van der Waals surface area contributed by atoms with Crippen molar-refractivity contribution in [3.63, 3.8) is 0 Å². The van der Waals surface area contributed by atoms with E-state index in [-0.39, 0.29) is 29.1 Å². The predicted molar refractivity (Wildman–Crippen MR) is 113 cm³/mol. The lowest BCUT2D eigenvalue weighted by Crippen LogP contribution is -2.36. The van der Waals surface area contributed by atoms with Crippen molar-refractivity contribution in [3.05, 3.63) is 53.1 Å². The summed E-state index contributed by atoms with van der Waals surface area (Å²) in [4.78, 5) is 14.4. The third-order valence-electron chi connectivity index (χ3n) is 4.80. The number of rotatable bonds is 6. The molecule has 2 aromatic carbocycles. The van der Waals surface area contributed by atoms with Gasteiger partial charge < -0.3 is 15.0 Å². The van der Waals surface area contributed by atoms with Crippen LogP contribution in [0.2, 0.25) is 5.02 Å². The number of halogens is 1. The molecular weight excluding hydrogens is 414 g/mol. The van der Waals surface area contributed by atoms with Crippen molar-refractivity contribution in [2.75, 3.05) is 25.5 Å². The smallest absolute Gasteiger partial charge is 0.241 e. The molecule has 29 heavy (non-hydrogen) atoms. The van der Waals surface area contributed by atoms with E-state index in [2.05, 4.69) is 10.2 Å². The lowest BCUT2D eigenvalue weighted by atomic mass is 10.1. The molecule has 0 aromatic heterocycles. The average molecular weight is 438 g/mol. The second-order valence-corrected chi connectivity index (χ2v) is 9.08. The van der Waals surface area contributed by atoms with Crippen molar-refractivity contribution in [1.29, 1.82) is 0 Å². The Morgan fingerprint density at radius 1 is 1.24 bits per heavy atom. The molecule has 1 heterocycles. The summed E-state index contributed by atoms with van der Waals surface area (Å²) in [5.41, 5.74) is 1.00. The number of benzene rings is 2. The minimum atomic E-state index is -4.03. The topological polar surface area (TPSA) is 102 Å². The normalized spacial score (nSPS) is 15.8. The molecule has 1 aliphatic heterocycles. The van der Waals surface area contributed by atoms with Crippen LogP contribution in [-0.2, 0) is 21.2 Å². The van der Waals surface area contributed by atoms with Crippen LogP contribution in [0.5, 0.6) is 5.75 Å². The van der Waals surface area contributed by atoms with Crippen LogP contribution in [0.3, 0.4) is 0 Å². The van der Waals surface area contributed by atoms with Gasteiger partial charge in [0.2, 0.25) is 15.9 Å². The molecule has 0 bridgehead atoms. The van der Waals surface area contributed by atoms with Crippen LogP contribution < -0.4 is 15.2 Å². The molecular formula is C20H24ClN3O4S. The molecule has 0 unspecified atom stereocenters. The lowest BCUT2D eigenvalue weighted by Gasteiger charge is -2.29. The van der Waals surface area contributed by atoms with E-state index >= 15 is 0 Å². The standard InChI is InChI=1S/C20H24ClN3O4S/c1-24-10-8-16(9-11-24)28-18-7-6-15(13-19(18)29(22,26)27)23-20(25)12-14-4-2-3-5-17(14)21/h2-7,13,16H,8-12H2,1H3,(H,23,25)(H2,22,26,27). The predicted octanol–water partition coefficient (Wildman–Crippen LogP) is 2.64. The second kappa shape index (κ2) is 9.13. The van der Waals surface area contributed by atoms with Crippen LogP contribution in [0.25, 0.3) is 0 Å². The fraction of sp³-hybridized carbons (Fsp3) is 0.350. The van der Waals surface area contributed by atoms with E-state index in [0.29, 0.717) is 16.3 Å². The van der Waals surface area contributed by atoms with Gasteiger partial charge in [-0.25, -0.2) is 13.6 Å². The first kappa shape index (κ1) is 21.6. The highest BCUT2D eigenvalue weighted by Gasteiger charge is 2.23. The van der Waals surface area contributed by atoms with E-state index in [1.165, 1.54) is 12.1 Å². The SMILES string of the molecule is CN1CCC(Oc2ccc(NC(=O)Cc3ccccc3Cl)cc2S(N)(=O)=O)CC1. The van der Waals surface area contributed by atoms with E-state index in [1.54, 1.807) is 30.3 Å². The summed E-state index contributed by atoms with van der Waals surface area (Å²) in [6.45, 7) is 1.76. The Balaban J connectivity index is 1.75. The van der Waals surface area contributed by atoms with Gasteiger partial charge in [-0.15, -0.1) is 0 Å². The maximum atomic E-state index is 12.3. The number of sulfonamides is 1. The summed E-state index contributed by atoms with van der Waals surface area (Å²) in [5.74, 6) is -0.117.